The van der Waals surface area contributed by atoms with E-state index in [1.807, 2.05) is 0 Å². The minimum absolute atomic E-state index is 0.0170. The van der Waals surface area contributed by atoms with Crippen molar-refractivity contribution < 1.29 is 41.8 Å². The van der Waals surface area contributed by atoms with Gasteiger partial charge in [0.05, 0.1) is 29.9 Å². The number of carbonyl (C=O) groups is 2. The Balaban J connectivity index is 1.60. The van der Waals surface area contributed by atoms with Crippen LogP contribution in [0.1, 0.15) is 12.8 Å². The predicted octanol–water partition coefficient (Wildman–Crippen LogP) is 0.846. The number of ether oxygens (including phenoxy) is 3. The minimum Gasteiger partial charge on any atom is -0.451 e. The maximum atomic E-state index is 14.8. The van der Waals surface area contributed by atoms with Crippen LogP contribution in [0.5, 0.6) is 11.5 Å². The Morgan fingerprint density at radius 1 is 1.28 bits per heavy atom. The second-order valence-electron chi connectivity index (χ2n) is 8.35. The zero-order valence-electron chi connectivity index (χ0n) is 19.5. The normalized spacial score (nSPS) is 21.9. The molecule has 15 heteroatoms. The number of nitrogens with zero attached hydrogens (tertiary/aromatic N) is 4. The van der Waals surface area contributed by atoms with Crippen LogP contribution in [0.4, 0.5) is 9.18 Å². The number of methoxy groups -OCH3 is 1. The van der Waals surface area contributed by atoms with Crippen molar-refractivity contribution in [1.29, 1.82) is 0 Å². The Labute approximate surface area is 206 Å². The summed E-state index contributed by atoms with van der Waals surface area (Å²) in [6.45, 7) is -0.0925. The van der Waals surface area contributed by atoms with Gasteiger partial charge in [0.15, 0.2) is 17.3 Å². The molecule has 0 saturated carbocycles. The Hall–Kier alpha value is -3.27. The van der Waals surface area contributed by atoms with Gasteiger partial charge in [0.2, 0.25) is 10.0 Å². The third-order valence-electron chi connectivity index (χ3n) is 6.13. The van der Waals surface area contributed by atoms with Crippen LogP contribution in [-0.4, -0.2) is 89.6 Å². The molecule has 3 heterocycles. The molecule has 13 nitrogen and oxygen atoms in total. The summed E-state index contributed by atoms with van der Waals surface area (Å²) < 4.78 is 59.7. The van der Waals surface area contributed by atoms with Crippen molar-refractivity contribution in [3.8, 4) is 11.5 Å². The summed E-state index contributed by atoms with van der Waals surface area (Å²) in [6, 6.07) is 0.199. The minimum atomic E-state index is -4.42. The van der Waals surface area contributed by atoms with Crippen LogP contribution < -0.4 is 10.2 Å². The molecule has 2 amide bonds. The fraction of sp³-hybridized carbons (Fsp3) is 0.476. The molecule has 2 aromatic rings. The van der Waals surface area contributed by atoms with Gasteiger partial charge in [0.1, 0.15) is 12.6 Å². The highest BCUT2D eigenvalue weighted by Crippen LogP contribution is 2.38. The summed E-state index contributed by atoms with van der Waals surface area (Å²) >= 11 is 0. The standard InChI is InChI=1S/C21H26FN5O8S/c1-25-12-14(10-23-25)35-18-6-4-15(9-16(18)22)36(31,32)26-11-13-3-5-17(19(26)20(28)24-30)27(13)21(29)34-8-7-33-2/h4,6,9-10,12-13,17,19,30H,3,5,7-8,11H2,1-2H3,(H,24,28)/t13-,17+,19-/m1/s1. The first kappa shape index (κ1) is 25.8. The molecule has 2 N–H and O–H groups in total. The van der Waals surface area contributed by atoms with E-state index in [1.54, 1.807) is 7.05 Å². The molecule has 36 heavy (non-hydrogen) atoms. The maximum Gasteiger partial charge on any atom is 0.410 e. The largest absolute Gasteiger partial charge is 0.451 e. The molecule has 2 aliphatic rings. The Bertz CT molecular complexity index is 1240. The number of rotatable bonds is 8. The van der Waals surface area contributed by atoms with Crippen molar-refractivity contribution in [1.82, 2.24) is 24.5 Å². The number of hydroxylamine groups is 1. The van der Waals surface area contributed by atoms with Gasteiger partial charge >= 0.3 is 6.09 Å². The summed E-state index contributed by atoms with van der Waals surface area (Å²) in [4.78, 5) is 26.2. The summed E-state index contributed by atoms with van der Waals surface area (Å²) in [5, 5.41) is 13.3. The smallest absolute Gasteiger partial charge is 0.410 e. The Kier molecular flexibility index (Phi) is 7.44. The zero-order chi connectivity index (χ0) is 26.0. The van der Waals surface area contributed by atoms with Crippen molar-refractivity contribution in [2.75, 3.05) is 26.9 Å². The summed E-state index contributed by atoms with van der Waals surface area (Å²) in [5.41, 5.74) is 1.49. The monoisotopic (exact) mass is 527 g/mol. The fourth-order valence-corrected chi connectivity index (χ4v) is 6.21. The van der Waals surface area contributed by atoms with E-state index in [9.17, 15) is 27.6 Å². The molecule has 196 valence electrons. The lowest BCUT2D eigenvalue weighted by Gasteiger charge is -2.44. The Morgan fingerprint density at radius 2 is 2.06 bits per heavy atom. The van der Waals surface area contributed by atoms with Crippen molar-refractivity contribution in [2.45, 2.75) is 35.9 Å². The van der Waals surface area contributed by atoms with Crippen LogP contribution in [0.25, 0.3) is 0 Å². The van der Waals surface area contributed by atoms with Gasteiger partial charge in [0.25, 0.3) is 5.91 Å². The molecule has 0 unspecified atom stereocenters. The van der Waals surface area contributed by atoms with Gasteiger partial charge in [0, 0.05) is 26.7 Å². The van der Waals surface area contributed by atoms with Crippen LogP contribution >= 0.6 is 0 Å². The van der Waals surface area contributed by atoms with E-state index in [0.29, 0.717) is 12.8 Å². The molecular formula is C21H26FN5O8S. The number of benzene rings is 1. The molecule has 0 radical (unpaired) electrons. The van der Waals surface area contributed by atoms with Gasteiger partial charge in [-0.15, -0.1) is 0 Å². The zero-order valence-corrected chi connectivity index (χ0v) is 20.4. The van der Waals surface area contributed by atoms with E-state index in [-0.39, 0.29) is 31.3 Å². The van der Waals surface area contributed by atoms with E-state index < -0.39 is 50.9 Å². The van der Waals surface area contributed by atoms with Crippen LogP contribution in [0, 0.1) is 5.82 Å². The molecule has 2 aliphatic heterocycles. The highest BCUT2D eigenvalue weighted by atomic mass is 32.2. The number of hydrogen-bond acceptors (Lipinski definition) is 9. The average Bonchev–Trinajstić information content (AvgIpc) is 3.40. The second kappa shape index (κ2) is 10.4. The molecule has 3 atom stereocenters. The number of aromatic nitrogens is 2. The lowest BCUT2D eigenvalue weighted by atomic mass is 10.1. The van der Waals surface area contributed by atoms with E-state index in [2.05, 4.69) is 5.10 Å². The molecule has 0 spiro atoms. The number of aryl methyl sites for hydroxylation is 1. The van der Waals surface area contributed by atoms with E-state index in [0.717, 1.165) is 22.5 Å². The van der Waals surface area contributed by atoms with Gasteiger partial charge < -0.3 is 14.2 Å². The molecule has 4 rings (SSSR count). The summed E-state index contributed by atoms with van der Waals surface area (Å²) in [6.07, 6.45) is 2.89. The van der Waals surface area contributed by atoms with Crippen LogP contribution in [0.3, 0.4) is 0 Å². The van der Waals surface area contributed by atoms with Crippen LogP contribution in [-0.2, 0) is 31.3 Å². The first-order valence-electron chi connectivity index (χ1n) is 11.0. The third-order valence-corrected chi connectivity index (χ3v) is 7.98. The summed E-state index contributed by atoms with van der Waals surface area (Å²) in [7, 11) is -1.32. The summed E-state index contributed by atoms with van der Waals surface area (Å²) in [5.74, 6) is -1.91. The number of carbonyl (C=O) groups excluding carboxylic acids is 2. The van der Waals surface area contributed by atoms with Gasteiger partial charge in [-0.3, -0.25) is 19.6 Å². The lowest BCUT2D eigenvalue weighted by molar-refractivity contribution is -0.136. The molecule has 2 fully saturated rings. The number of hydrogen-bond donors (Lipinski definition) is 2. The van der Waals surface area contributed by atoms with E-state index in [1.165, 1.54) is 34.6 Å². The SMILES string of the molecule is COCCOC(=O)N1[C@@H]2CC[C@H]1[C@H](C(=O)NO)N(S(=O)(=O)c1ccc(Oc3cnn(C)c3)c(F)c1)C2. The van der Waals surface area contributed by atoms with Gasteiger partial charge in [-0.1, -0.05) is 0 Å². The number of sulfonamides is 1. The van der Waals surface area contributed by atoms with E-state index in [4.69, 9.17) is 14.2 Å². The van der Waals surface area contributed by atoms with Gasteiger partial charge in [-0.2, -0.15) is 9.40 Å². The van der Waals surface area contributed by atoms with Crippen molar-refractivity contribution >= 4 is 22.0 Å². The molecule has 0 aliphatic carbocycles. The number of nitrogens with one attached hydrogen (secondary N) is 1. The molecule has 1 aromatic heterocycles. The average molecular weight is 528 g/mol. The van der Waals surface area contributed by atoms with E-state index >= 15 is 0 Å². The van der Waals surface area contributed by atoms with Gasteiger partial charge in [-0.25, -0.2) is 23.1 Å². The second-order valence-corrected chi connectivity index (χ2v) is 10.2. The molecule has 1 aromatic carbocycles. The van der Waals surface area contributed by atoms with Gasteiger partial charge in [-0.05, 0) is 31.0 Å². The predicted molar refractivity (Wildman–Crippen MR) is 119 cm³/mol. The Morgan fingerprint density at radius 3 is 2.69 bits per heavy atom. The lowest BCUT2D eigenvalue weighted by Crippen LogP contribution is -2.66. The number of amides is 2. The molecule has 2 saturated heterocycles. The third kappa shape index (κ3) is 4.86. The fourth-order valence-electron chi connectivity index (χ4n) is 4.54. The molecule has 2 bridgehead atoms. The number of halogens is 1. The number of piperazine rings is 1. The quantitative estimate of drug-likeness (QED) is 0.289. The van der Waals surface area contributed by atoms with Crippen molar-refractivity contribution in [3.05, 3.63) is 36.4 Å². The van der Waals surface area contributed by atoms with Crippen LogP contribution in [0.2, 0.25) is 0 Å². The van der Waals surface area contributed by atoms with Crippen molar-refractivity contribution in [2.24, 2.45) is 7.05 Å². The first-order valence-corrected chi connectivity index (χ1v) is 12.5. The highest BCUT2D eigenvalue weighted by molar-refractivity contribution is 7.89. The molecular weight excluding hydrogens is 501 g/mol. The topological polar surface area (TPSA) is 153 Å². The maximum absolute atomic E-state index is 14.8. The highest BCUT2D eigenvalue weighted by Gasteiger charge is 2.55. The van der Waals surface area contributed by atoms with Crippen LogP contribution in [0.15, 0.2) is 35.5 Å². The first-order chi connectivity index (χ1) is 17.2. The van der Waals surface area contributed by atoms with Crippen molar-refractivity contribution in [3.63, 3.8) is 0 Å². The number of fused-ring (bicyclic) bond motifs is 2.